The Morgan fingerprint density at radius 2 is 2.00 bits per heavy atom. The zero-order chi connectivity index (χ0) is 15.2. The lowest BCUT2D eigenvalue weighted by Gasteiger charge is -2.05. The number of benzene rings is 1. The summed E-state index contributed by atoms with van der Waals surface area (Å²) in [6.07, 6.45) is 1.77. The fourth-order valence-electron chi connectivity index (χ4n) is 2.03. The molecule has 2 aromatic rings. The van der Waals surface area contributed by atoms with Crippen LogP contribution in [0.1, 0.15) is 47.8 Å². The number of aryl methyl sites for hydroxylation is 1. The van der Waals surface area contributed by atoms with Gasteiger partial charge in [0.25, 0.3) is 0 Å². The fourth-order valence-corrected chi connectivity index (χ4v) is 3.03. The molecular weight excluding hydrogens is 280 g/mol. The van der Waals surface area contributed by atoms with Crippen molar-refractivity contribution in [2.24, 2.45) is 0 Å². The van der Waals surface area contributed by atoms with Gasteiger partial charge in [-0.1, -0.05) is 32.9 Å². The van der Waals surface area contributed by atoms with Gasteiger partial charge in [0, 0.05) is 6.42 Å². The Bertz CT molecular complexity index is 623. The molecule has 1 aromatic heterocycles. The summed E-state index contributed by atoms with van der Waals surface area (Å²) in [5, 5.41) is 10.1. The number of nitriles is 1. The fraction of sp³-hybridized carbons (Fsp3) is 0.412. The monoisotopic (exact) mass is 300 g/mol. The van der Waals surface area contributed by atoms with Gasteiger partial charge in [0.05, 0.1) is 17.3 Å². The van der Waals surface area contributed by atoms with Crippen LogP contribution in [0, 0.1) is 11.3 Å². The number of ether oxygens (including phenoxy) is 1. The number of hydrogen-bond donors (Lipinski definition) is 0. The molecule has 0 N–H and O–H groups in total. The van der Waals surface area contributed by atoms with E-state index in [0.29, 0.717) is 6.61 Å². The summed E-state index contributed by atoms with van der Waals surface area (Å²) in [5.74, 6) is 1.17. The number of rotatable bonds is 6. The molecule has 0 radical (unpaired) electrons. The van der Waals surface area contributed by atoms with Gasteiger partial charge in [-0.25, -0.2) is 4.98 Å². The maximum atomic E-state index is 9.12. The summed E-state index contributed by atoms with van der Waals surface area (Å²) in [6, 6.07) is 10.4. The molecule has 0 aliphatic rings. The molecule has 0 amide bonds. The second-order valence-corrected chi connectivity index (χ2v) is 6.27. The summed E-state index contributed by atoms with van der Waals surface area (Å²) in [7, 11) is 0. The Labute approximate surface area is 130 Å². The molecule has 0 saturated heterocycles. The van der Waals surface area contributed by atoms with Crippen LogP contribution in [0.3, 0.4) is 0 Å². The Morgan fingerprint density at radius 3 is 2.52 bits per heavy atom. The van der Waals surface area contributed by atoms with E-state index < -0.39 is 0 Å². The van der Waals surface area contributed by atoms with Gasteiger partial charge in [0.15, 0.2) is 0 Å². The van der Waals surface area contributed by atoms with Gasteiger partial charge in [-0.2, -0.15) is 5.26 Å². The summed E-state index contributed by atoms with van der Waals surface area (Å²) in [5.41, 5.74) is 2.22. The molecule has 21 heavy (non-hydrogen) atoms. The Hall–Kier alpha value is -1.86. The zero-order valence-corrected chi connectivity index (χ0v) is 13.5. The molecule has 0 atom stereocenters. The van der Waals surface area contributed by atoms with Crippen LogP contribution in [0.25, 0.3) is 0 Å². The van der Waals surface area contributed by atoms with Crippen LogP contribution in [-0.2, 0) is 12.8 Å². The van der Waals surface area contributed by atoms with Crippen LogP contribution < -0.4 is 4.74 Å². The van der Waals surface area contributed by atoms with Crippen molar-refractivity contribution in [2.75, 3.05) is 6.61 Å². The van der Waals surface area contributed by atoms with Crippen LogP contribution in [0.2, 0.25) is 0 Å². The highest BCUT2D eigenvalue weighted by Gasteiger charge is 2.13. The average molecular weight is 300 g/mol. The van der Waals surface area contributed by atoms with Gasteiger partial charge in [0.2, 0.25) is 0 Å². The molecule has 0 aliphatic carbocycles. The molecule has 1 heterocycles. The molecule has 1 aromatic carbocycles. The van der Waals surface area contributed by atoms with E-state index in [-0.39, 0.29) is 5.92 Å². The maximum absolute atomic E-state index is 9.12. The van der Waals surface area contributed by atoms with E-state index in [2.05, 4.69) is 44.0 Å². The number of thiazole rings is 1. The van der Waals surface area contributed by atoms with E-state index in [4.69, 9.17) is 10.00 Å². The number of nitrogens with zero attached hydrogens (tertiary/aromatic N) is 2. The molecule has 3 nitrogen and oxygen atoms in total. The van der Waals surface area contributed by atoms with Crippen molar-refractivity contribution >= 4 is 11.3 Å². The molecule has 0 aliphatic heterocycles. The average Bonchev–Trinajstić information content (AvgIpc) is 2.91. The van der Waals surface area contributed by atoms with Gasteiger partial charge in [-0.15, -0.1) is 11.3 Å². The Balaban J connectivity index is 1.92. The molecule has 4 heteroatoms. The zero-order valence-electron chi connectivity index (χ0n) is 12.7. The lowest BCUT2D eigenvalue weighted by molar-refractivity contribution is 0.321. The minimum Gasteiger partial charge on any atom is -0.493 e. The highest BCUT2D eigenvalue weighted by molar-refractivity contribution is 7.12. The quantitative estimate of drug-likeness (QED) is 0.798. The molecule has 2 rings (SSSR count). The first kappa shape index (κ1) is 15.5. The molecular formula is C17H20N2OS. The lowest BCUT2D eigenvalue weighted by atomic mass is 10.1. The maximum Gasteiger partial charge on any atom is 0.128 e. The first-order chi connectivity index (χ1) is 10.1. The van der Waals surface area contributed by atoms with Crippen molar-refractivity contribution in [3.05, 3.63) is 45.4 Å². The van der Waals surface area contributed by atoms with Gasteiger partial charge in [-0.3, -0.25) is 0 Å². The van der Waals surface area contributed by atoms with E-state index in [1.165, 1.54) is 16.9 Å². The normalized spacial score (nSPS) is 10.6. The molecule has 110 valence electrons. The SMILES string of the molecule is CCc1ccc(OCCc2nc(C(C)C)c(C#N)s2)cc1. The van der Waals surface area contributed by atoms with Crippen molar-refractivity contribution in [2.45, 2.75) is 39.5 Å². The molecule has 0 saturated carbocycles. The molecule has 0 fully saturated rings. The minimum absolute atomic E-state index is 0.284. The van der Waals surface area contributed by atoms with Crippen LogP contribution in [-0.4, -0.2) is 11.6 Å². The van der Waals surface area contributed by atoms with Crippen LogP contribution >= 0.6 is 11.3 Å². The lowest BCUT2D eigenvalue weighted by Crippen LogP contribution is -2.01. The predicted octanol–water partition coefficient (Wildman–Crippen LogP) is 4.32. The summed E-state index contributed by atoms with van der Waals surface area (Å²) < 4.78 is 5.74. The summed E-state index contributed by atoms with van der Waals surface area (Å²) in [6.45, 7) is 6.84. The van der Waals surface area contributed by atoms with Crippen molar-refractivity contribution < 1.29 is 4.74 Å². The third-order valence-electron chi connectivity index (χ3n) is 3.26. The summed E-state index contributed by atoms with van der Waals surface area (Å²) in [4.78, 5) is 5.28. The van der Waals surface area contributed by atoms with Gasteiger partial charge in [-0.05, 0) is 30.0 Å². The van der Waals surface area contributed by atoms with Gasteiger partial charge < -0.3 is 4.74 Å². The van der Waals surface area contributed by atoms with Crippen molar-refractivity contribution in [1.82, 2.24) is 4.98 Å². The highest BCUT2D eigenvalue weighted by atomic mass is 32.1. The second kappa shape index (κ2) is 7.24. The van der Waals surface area contributed by atoms with Crippen molar-refractivity contribution in [1.29, 1.82) is 5.26 Å². The Kier molecular flexibility index (Phi) is 5.35. The van der Waals surface area contributed by atoms with Crippen molar-refractivity contribution in [3.63, 3.8) is 0 Å². The smallest absolute Gasteiger partial charge is 0.128 e. The topological polar surface area (TPSA) is 45.9 Å². The van der Waals surface area contributed by atoms with Crippen LogP contribution in [0.5, 0.6) is 5.75 Å². The molecule has 0 spiro atoms. The summed E-state index contributed by atoms with van der Waals surface area (Å²) >= 11 is 1.48. The van der Waals surface area contributed by atoms with Crippen LogP contribution in [0.4, 0.5) is 0 Å². The number of hydrogen-bond acceptors (Lipinski definition) is 4. The molecule has 0 bridgehead atoms. The first-order valence-electron chi connectivity index (χ1n) is 7.25. The van der Waals surface area contributed by atoms with E-state index in [1.54, 1.807) is 0 Å². The standard InChI is InChI=1S/C17H20N2OS/c1-4-13-5-7-14(8-6-13)20-10-9-16-19-17(12(2)3)15(11-18)21-16/h5-8,12H,4,9-10H2,1-3H3. The number of aromatic nitrogens is 1. The third-order valence-corrected chi connectivity index (χ3v) is 4.30. The van der Waals surface area contributed by atoms with E-state index in [1.807, 2.05) is 12.1 Å². The van der Waals surface area contributed by atoms with E-state index >= 15 is 0 Å². The first-order valence-corrected chi connectivity index (χ1v) is 8.07. The highest BCUT2D eigenvalue weighted by Crippen LogP contribution is 2.24. The van der Waals surface area contributed by atoms with Crippen LogP contribution in [0.15, 0.2) is 24.3 Å². The van der Waals surface area contributed by atoms with Crippen molar-refractivity contribution in [3.8, 4) is 11.8 Å². The Morgan fingerprint density at radius 1 is 1.29 bits per heavy atom. The van der Waals surface area contributed by atoms with E-state index in [0.717, 1.165) is 34.2 Å². The largest absolute Gasteiger partial charge is 0.493 e. The van der Waals surface area contributed by atoms with Gasteiger partial charge >= 0.3 is 0 Å². The molecule has 0 unspecified atom stereocenters. The second-order valence-electron chi connectivity index (χ2n) is 5.18. The third kappa shape index (κ3) is 4.05. The predicted molar refractivity (Wildman–Crippen MR) is 85.9 cm³/mol. The van der Waals surface area contributed by atoms with Gasteiger partial charge in [0.1, 0.15) is 16.7 Å². The van der Waals surface area contributed by atoms with E-state index in [9.17, 15) is 0 Å². The minimum atomic E-state index is 0.284.